The highest BCUT2D eigenvalue weighted by atomic mass is 19.2. The van der Waals surface area contributed by atoms with Crippen LogP contribution in [0, 0.1) is 11.6 Å². The molecule has 0 aliphatic carbocycles. The third-order valence-electron chi connectivity index (χ3n) is 2.70. The third kappa shape index (κ3) is 3.85. The molecular formula is C15H12F2N2O2. The van der Waals surface area contributed by atoms with Crippen molar-refractivity contribution in [3.63, 3.8) is 0 Å². The summed E-state index contributed by atoms with van der Waals surface area (Å²) in [6, 6.07) is 8.79. The van der Waals surface area contributed by atoms with E-state index < -0.39 is 17.7 Å². The van der Waals surface area contributed by atoms with E-state index in [1.165, 1.54) is 19.1 Å². The third-order valence-corrected chi connectivity index (χ3v) is 2.70. The van der Waals surface area contributed by atoms with Gasteiger partial charge in [0.05, 0.1) is 0 Å². The summed E-state index contributed by atoms with van der Waals surface area (Å²) in [5.41, 5.74) is 0.998. The number of amides is 2. The van der Waals surface area contributed by atoms with Gasteiger partial charge in [0.15, 0.2) is 17.4 Å². The molecule has 0 saturated carbocycles. The van der Waals surface area contributed by atoms with Crippen molar-refractivity contribution >= 4 is 23.2 Å². The van der Waals surface area contributed by atoms with E-state index in [0.717, 1.165) is 12.1 Å². The number of nitrogens with one attached hydrogen (secondary N) is 2. The van der Waals surface area contributed by atoms with Crippen molar-refractivity contribution < 1.29 is 18.4 Å². The van der Waals surface area contributed by atoms with Gasteiger partial charge < -0.3 is 10.6 Å². The minimum Gasteiger partial charge on any atom is -0.308 e. The molecule has 0 bridgehead atoms. The SMILES string of the molecule is CC(=O)c1cccc(NC(=O)Nc2ccc(F)c(F)c2)c1. The van der Waals surface area contributed by atoms with Gasteiger partial charge in [-0.15, -0.1) is 0 Å². The Morgan fingerprint density at radius 1 is 0.905 bits per heavy atom. The second kappa shape index (κ2) is 6.13. The molecule has 0 heterocycles. The maximum Gasteiger partial charge on any atom is 0.323 e. The first-order valence-electron chi connectivity index (χ1n) is 6.10. The van der Waals surface area contributed by atoms with Crippen LogP contribution in [-0.2, 0) is 0 Å². The zero-order valence-electron chi connectivity index (χ0n) is 11.1. The molecule has 0 saturated heterocycles. The van der Waals surface area contributed by atoms with Crippen LogP contribution in [0.5, 0.6) is 0 Å². The number of carbonyl (C=O) groups is 2. The molecule has 2 aromatic rings. The number of halogens is 2. The Morgan fingerprint density at radius 2 is 1.57 bits per heavy atom. The molecule has 0 unspecified atom stereocenters. The van der Waals surface area contributed by atoms with E-state index in [-0.39, 0.29) is 11.5 Å². The van der Waals surface area contributed by atoms with Crippen molar-refractivity contribution in [3.05, 3.63) is 59.7 Å². The topological polar surface area (TPSA) is 58.2 Å². The molecule has 2 aromatic carbocycles. The first-order valence-corrected chi connectivity index (χ1v) is 6.10. The van der Waals surface area contributed by atoms with Crippen molar-refractivity contribution in [1.29, 1.82) is 0 Å². The average Bonchev–Trinajstić information content (AvgIpc) is 2.43. The summed E-state index contributed by atoms with van der Waals surface area (Å²) < 4.78 is 25.8. The maximum absolute atomic E-state index is 13.0. The summed E-state index contributed by atoms with van der Waals surface area (Å²) in [5.74, 6) is -2.17. The quantitative estimate of drug-likeness (QED) is 0.844. The summed E-state index contributed by atoms with van der Waals surface area (Å²) in [6.45, 7) is 1.42. The van der Waals surface area contributed by atoms with Crippen LogP contribution in [-0.4, -0.2) is 11.8 Å². The molecular weight excluding hydrogens is 278 g/mol. The number of ketones is 1. The van der Waals surface area contributed by atoms with Crippen LogP contribution in [0.4, 0.5) is 25.0 Å². The lowest BCUT2D eigenvalue weighted by Crippen LogP contribution is -2.19. The first-order chi connectivity index (χ1) is 9.95. The molecule has 21 heavy (non-hydrogen) atoms. The first kappa shape index (κ1) is 14.6. The Hall–Kier alpha value is -2.76. The normalized spacial score (nSPS) is 10.0. The maximum atomic E-state index is 13.0. The molecule has 2 N–H and O–H groups in total. The fourth-order valence-corrected chi connectivity index (χ4v) is 1.68. The fourth-order valence-electron chi connectivity index (χ4n) is 1.68. The van der Waals surface area contributed by atoms with Gasteiger partial charge in [0.25, 0.3) is 0 Å². The van der Waals surface area contributed by atoms with Crippen LogP contribution >= 0.6 is 0 Å². The molecule has 0 fully saturated rings. The van der Waals surface area contributed by atoms with Crippen molar-refractivity contribution in [2.75, 3.05) is 10.6 Å². The number of anilines is 2. The number of Topliss-reactive ketones (excluding diaryl/α,β-unsaturated/α-hetero) is 1. The molecule has 0 radical (unpaired) electrons. The van der Waals surface area contributed by atoms with Gasteiger partial charge in [-0.3, -0.25) is 4.79 Å². The Kier molecular flexibility index (Phi) is 4.27. The Labute approximate surface area is 119 Å². The van der Waals surface area contributed by atoms with Crippen LogP contribution in [0.15, 0.2) is 42.5 Å². The van der Waals surface area contributed by atoms with E-state index in [9.17, 15) is 18.4 Å². The lowest BCUT2D eigenvalue weighted by Gasteiger charge is -2.08. The summed E-state index contributed by atoms with van der Waals surface area (Å²) >= 11 is 0. The highest BCUT2D eigenvalue weighted by Gasteiger charge is 2.07. The lowest BCUT2D eigenvalue weighted by molar-refractivity contribution is 0.101. The monoisotopic (exact) mass is 290 g/mol. The summed E-state index contributed by atoms with van der Waals surface area (Å²) in [7, 11) is 0. The zero-order chi connectivity index (χ0) is 15.4. The van der Waals surface area contributed by atoms with E-state index in [0.29, 0.717) is 11.3 Å². The number of hydrogen-bond acceptors (Lipinski definition) is 2. The lowest BCUT2D eigenvalue weighted by atomic mass is 10.1. The molecule has 0 aromatic heterocycles. The molecule has 0 aliphatic rings. The van der Waals surface area contributed by atoms with Crippen LogP contribution in [0.2, 0.25) is 0 Å². The summed E-state index contributed by atoms with van der Waals surface area (Å²) in [4.78, 5) is 23.0. The predicted molar refractivity (Wildman–Crippen MR) is 75.4 cm³/mol. The van der Waals surface area contributed by atoms with Gasteiger partial charge in [-0.2, -0.15) is 0 Å². The van der Waals surface area contributed by atoms with Gasteiger partial charge in [-0.25, -0.2) is 13.6 Å². The van der Waals surface area contributed by atoms with Gasteiger partial charge in [-0.05, 0) is 31.2 Å². The van der Waals surface area contributed by atoms with Crippen LogP contribution in [0.1, 0.15) is 17.3 Å². The van der Waals surface area contributed by atoms with Gasteiger partial charge in [0, 0.05) is 23.0 Å². The minimum atomic E-state index is -1.05. The standard InChI is InChI=1S/C15H12F2N2O2/c1-9(20)10-3-2-4-11(7-10)18-15(21)19-12-5-6-13(16)14(17)8-12/h2-8H,1H3,(H2,18,19,21). The van der Waals surface area contributed by atoms with Gasteiger partial charge >= 0.3 is 6.03 Å². The Bertz CT molecular complexity index is 702. The van der Waals surface area contributed by atoms with E-state index >= 15 is 0 Å². The van der Waals surface area contributed by atoms with Crippen LogP contribution < -0.4 is 10.6 Å². The number of rotatable bonds is 3. The zero-order valence-corrected chi connectivity index (χ0v) is 11.1. The van der Waals surface area contributed by atoms with E-state index in [1.807, 2.05) is 0 Å². The predicted octanol–water partition coefficient (Wildman–Crippen LogP) is 3.81. The number of urea groups is 1. The Balaban J connectivity index is 2.06. The van der Waals surface area contributed by atoms with Gasteiger partial charge in [-0.1, -0.05) is 12.1 Å². The molecule has 6 heteroatoms. The number of carbonyl (C=O) groups excluding carboxylic acids is 2. The molecule has 108 valence electrons. The molecule has 2 rings (SSSR count). The van der Waals surface area contributed by atoms with E-state index in [2.05, 4.69) is 10.6 Å². The van der Waals surface area contributed by atoms with Crippen LogP contribution in [0.3, 0.4) is 0 Å². The minimum absolute atomic E-state index is 0.120. The molecule has 0 atom stereocenters. The summed E-state index contributed by atoms with van der Waals surface area (Å²) in [6.07, 6.45) is 0. The van der Waals surface area contributed by atoms with Crippen molar-refractivity contribution in [2.45, 2.75) is 6.92 Å². The molecule has 0 spiro atoms. The van der Waals surface area contributed by atoms with Gasteiger partial charge in [0.1, 0.15) is 0 Å². The largest absolute Gasteiger partial charge is 0.323 e. The second-order valence-corrected chi connectivity index (χ2v) is 4.35. The number of benzene rings is 2. The van der Waals surface area contributed by atoms with E-state index in [4.69, 9.17) is 0 Å². The molecule has 0 aliphatic heterocycles. The van der Waals surface area contributed by atoms with Crippen molar-refractivity contribution in [2.24, 2.45) is 0 Å². The number of hydrogen-bond donors (Lipinski definition) is 2. The van der Waals surface area contributed by atoms with Crippen molar-refractivity contribution in [3.8, 4) is 0 Å². The average molecular weight is 290 g/mol. The fraction of sp³-hybridized carbons (Fsp3) is 0.0667. The second-order valence-electron chi connectivity index (χ2n) is 4.35. The Morgan fingerprint density at radius 3 is 2.19 bits per heavy atom. The van der Waals surface area contributed by atoms with Crippen molar-refractivity contribution in [1.82, 2.24) is 0 Å². The highest BCUT2D eigenvalue weighted by molar-refractivity contribution is 6.01. The summed E-state index contributed by atoms with van der Waals surface area (Å²) in [5, 5.41) is 4.87. The molecule has 2 amide bonds. The molecule has 4 nitrogen and oxygen atoms in total. The highest BCUT2D eigenvalue weighted by Crippen LogP contribution is 2.15. The van der Waals surface area contributed by atoms with E-state index in [1.54, 1.807) is 18.2 Å². The van der Waals surface area contributed by atoms with Gasteiger partial charge in [0.2, 0.25) is 0 Å². The van der Waals surface area contributed by atoms with Crippen LogP contribution in [0.25, 0.3) is 0 Å². The smallest absolute Gasteiger partial charge is 0.308 e.